The minimum atomic E-state index is 0.0353. The number of hydrogen-bond acceptors (Lipinski definition) is 6. The molecule has 1 atom stereocenters. The van der Waals surface area contributed by atoms with Crippen LogP contribution in [0.4, 0.5) is 0 Å². The van der Waals surface area contributed by atoms with E-state index >= 15 is 0 Å². The molecule has 2 saturated heterocycles. The molecule has 0 aliphatic carbocycles. The molecule has 2 aliphatic heterocycles. The van der Waals surface area contributed by atoms with Crippen molar-refractivity contribution in [2.75, 3.05) is 31.2 Å². The standard InChI is InChI=1S/C11H17N3O2S/c1-2-9(15-5-1)11-12-10(13-16-11)8-14-3-6-17-7-4-14/h9H,1-8H2. The molecule has 17 heavy (non-hydrogen) atoms. The second-order valence-corrected chi connectivity index (χ2v) is 5.66. The fraction of sp³-hybridized carbons (Fsp3) is 0.818. The largest absolute Gasteiger partial charge is 0.368 e. The van der Waals surface area contributed by atoms with Crippen LogP contribution in [0.25, 0.3) is 0 Å². The fourth-order valence-electron chi connectivity index (χ4n) is 2.19. The Bertz CT molecular complexity index is 359. The number of rotatable bonds is 3. The minimum Gasteiger partial charge on any atom is -0.368 e. The monoisotopic (exact) mass is 255 g/mol. The molecule has 3 rings (SSSR count). The lowest BCUT2D eigenvalue weighted by atomic mass is 10.2. The molecule has 0 N–H and O–H groups in total. The summed E-state index contributed by atoms with van der Waals surface area (Å²) in [5.74, 6) is 3.86. The van der Waals surface area contributed by atoms with Gasteiger partial charge < -0.3 is 9.26 Å². The van der Waals surface area contributed by atoms with Crippen molar-refractivity contribution in [3.05, 3.63) is 11.7 Å². The number of aromatic nitrogens is 2. The summed E-state index contributed by atoms with van der Waals surface area (Å²) in [7, 11) is 0. The molecule has 0 radical (unpaired) electrons. The van der Waals surface area contributed by atoms with E-state index in [0.29, 0.717) is 5.89 Å². The van der Waals surface area contributed by atoms with E-state index in [1.165, 1.54) is 11.5 Å². The lowest BCUT2D eigenvalue weighted by Gasteiger charge is -2.24. The molecule has 5 nitrogen and oxygen atoms in total. The van der Waals surface area contributed by atoms with Gasteiger partial charge in [0.2, 0.25) is 0 Å². The van der Waals surface area contributed by atoms with Crippen molar-refractivity contribution >= 4 is 11.8 Å². The van der Waals surface area contributed by atoms with Gasteiger partial charge in [0.05, 0.1) is 6.54 Å². The zero-order valence-electron chi connectivity index (χ0n) is 9.80. The maximum absolute atomic E-state index is 5.53. The van der Waals surface area contributed by atoms with Gasteiger partial charge in [-0.25, -0.2) is 0 Å². The van der Waals surface area contributed by atoms with Crippen LogP contribution in [0.1, 0.15) is 30.7 Å². The van der Waals surface area contributed by atoms with E-state index in [0.717, 1.165) is 44.9 Å². The van der Waals surface area contributed by atoms with Gasteiger partial charge in [-0.05, 0) is 12.8 Å². The number of hydrogen-bond donors (Lipinski definition) is 0. The minimum absolute atomic E-state index is 0.0353. The molecular weight excluding hydrogens is 238 g/mol. The van der Waals surface area contributed by atoms with Crippen molar-refractivity contribution < 1.29 is 9.26 Å². The van der Waals surface area contributed by atoms with Crippen LogP contribution < -0.4 is 0 Å². The van der Waals surface area contributed by atoms with Gasteiger partial charge in [-0.3, -0.25) is 4.90 Å². The van der Waals surface area contributed by atoms with Crippen molar-refractivity contribution in [1.82, 2.24) is 15.0 Å². The summed E-state index contributed by atoms with van der Waals surface area (Å²) in [4.78, 5) is 6.81. The Kier molecular flexibility index (Phi) is 3.63. The van der Waals surface area contributed by atoms with Crippen LogP contribution >= 0.6 is 11.8 Å². The molecule has 1 unspecified atom stereocenters. The summed E-state index contributed by atoms with van der Waals surface area (Å²) in [6.45, 7) is 3.85. The van der Waals surface area contributed by atoms with Crippen LogP contribution in [-0.4, -0.2) is 46.2 Å². The predicted molar refractivity (Wildman–Crippen MR) is 64.8 cm³/mol. The summed E-state index contributed by atoms with van der Waals surface area (Å²) in [6, 6.07) is 0. The molecule has 0 spiro atoms. The lowest BCUT2D eigenvalue weighted by molar-refractivity contribution is 0.0835. The summed E-state index contributed by atoms with van der Waals surface area (Å²) < 4.78 is 10.8. The van der Waals surface area contributed by atoms with Crippen molar-refractivity contribution in [3.63, 3.8) is 0 Å². The van der Waals surface area contributed by atoms with Crippen molar-refractivity contribution in [2.24, 2.45) is 0 Å². The smallest absolute Gasteiger partial charge is 0.255 e. The maximum Gasteiger partial charge on any atom is 0.255 e. The molecule has 0 amide bonds. The van der Waals surface area contributed by atoms with E-state index in [1.807, 2.05) is 11.8 Å². The van der Waals surface area contributed by atoms with Crippen molar-refractivity contribution in [1.29, 1.82) is 0 Å². The van der Waals surface area contributed by atoms with Gasteiger partial charge in [0, 0.05) is 31.2 Å². The van der Waals surface area contributed by atoms with Crippen molar-refractivity contribution in [3.8, 4) is 0 Å². The Morgan fingerprint density at radius 2 is 2.24 bits per heavy atom. The third-order valence-corrected chi connectivity index (χ3v) is 4.10. The Balaban J connectivity index is 1.59. The highest BCUT2D eigenvalue weighted by atomic mass is 32.2. The van der Waals surface area contributed by atoms with Crippen LogP contribution in [0, 0.1) is 0 Å². The van der Waals surface area contributed by atoms with Crippen LogP contribution in [0.2, 0.25) is 0 Å². The molecule has 1 aromatic rings. The second kappa shape index (κ2) is 5.37. The second-order valence-electron chi connectivity index (χ2n) is 4.44. The van der Waals surface area contributed by atoms with E-state index < -0.39 is 0 Å². The molecule has 2 aliphatic rings. The van der Waals surface area contributed by atoms with E-state index in [1.54, 1.807) is 0 Å². The van der Waals surface area contributed by atoms with Gasteiger partial charge in [0.1, 0.15) is 6.10 Å². The Morgan fingerprint density at radius 3 is 3.00 bits per heavy atom. The van der Waals surface area contributed by atoms with E-state index in [-0.39, 0.29) is 6.10 Å². The van der Waals surface area contributed by atoms with E-state index in [4.69, 9.17) is 9.26 Å². The van der Waals surface area contributed by atoms with Gasteiger partial charge in [0.25, 0.3) is 5.89 Å². The molecule has 6 heteroatoms. The molecule has 1 aromatic heterocycles. The predicted octanol–water partition coefficient (Wildman–Crippen LogP) is 1.47. The highest BCUT2D eigenvalue weighted by Gasteiger charge is 2.24. The summed E-state index contributed by atoms with van der Waals surface area (Å²) in [5.41, 5.74) is 0. The van der Waals surface area contributed by atoms with Gasteiger partial charge in [-0.1, -0.05) is 5.16 Å². The first-order chi connectivity index (χ1) is 8.42. The lowest BCUT2D eigenvalue weighted by Crippen LogP contribution is -2.32. The average molecular weight is 255 g/mol. The Morgan fingerprint density at radius 1 is 1.35 bits per heavy atom. The van der Waals surface area contributed by atoms with Gasteiger partial charge in [-0.2, -0.15) is 16.7 Å². The van der Waals surface area contributed by atoms with Gasteiger partial charge in [0.15, 0.2) is 5.82 Å². The topological polar surface area (TPSA) is 51.4 Å². The SMILES string of the molecule is C1COC(c2nc(CN3CCSCC3)no2)C1. The molecule has 3 heterocycles. The third kappa shape index (κ3) is 2.81. The third-order valence-electron chi connectivity index (χ3n) is 3.16. The molecule has 2 fully saturated rings. The fourth-order valence-corrected chi connectivity index (χ4v) is 3.17. The molecule has 0 aromatic carbocycles. The zero-order chi connectivity index (χ0) is 11.5. The average Bonchev–Trinajstić information content (AvgIpc) is 3.00. The summed E-state index contributed by atoms with van der Waals surface area (Å²) in [6.07, 6.45) is 2.13. The van der Waals surface area contributed by atoms with E-state index in [9.17, 15) is 0 Å². The van der Waals surface area contributed by atoms with Crippen LogP contribution in [0.3, 0.4) is 0 Å². The number of nitrogens with zero attached hydrogens (tertiary/aromatic N) is 3. The molecule has 0 bridgehead atoms. The van der Waals surface area contributed by atoms with Crippen LogP contribution in [-0.2, 0) is 11.3 Å². The summed E-state index contributed by atoms with van der Waals surface area (Å²) in [5, 5.41) is 4.04. The molecule has 0 saturated carbocycles. The zero-order valence-corrected chi connectivity index (χ0v) is 10.6. The first kappa shape index (κ1) is 11.5. The first-order valence-corrected chi connectivity index (χ1v) is 7.31. The number of thioether (sulfide) groups is 1. The van der Waals surface area contributed by atoms with E-state index in [2.05, 4.69) is 15.0 Å². The highest BCUT2D eigenvalue weighted by molar-refractivity contribution is 7.99. The quantitative estimate of drug-likeness (QED) is 0.815. The van der Waals surface area contributed by atoms with Crippen molar-refractivity contribution in [2.45, 2.75) is 25.5 Å². The molecular formula is C11H17N3O2S. The Hall–Kier alpha value is -0.590. The Labute approximate surface area is 105 Å². The van der Waals surface area contributed by atoms with Gasteiger partial charge in [-0.15, -0.1) is 0 Å². The number of ether oxygens (including phenoxy) is 1. The maximum atomic E-state index is 5.53. The van der Waals surface area contributed by atoms with Gasteiger partial charge >= 0.3 is 0 Å². The van der Waals surface area contributed by atoms with Crippen LogP contribution in [0.5, 0.6) is 0 Å². The first-order valence-electron chi connectivity index (χ1n) is 6.16. The summed E-state index contributed by atoms with van der Waals surface area (Å²) >= 11 is 2.01. The molecule has 94 valence electrons. The normalized spacial score (nSPS) is 26.5. The highest BCUT2D eigenvalue weighted by Crippen LogP contribution is 2.27. The van der Waals surface area contributed by atoms with Crippen LogP contribution in [0.15, 0.2) is 4.52 Å².